The van der Waals surface area contributed by atoms with Crippen molar-refractivity contribution in [2.75, 3.05) is 6.54 Å². The number of rotatable bonds is 4. The minimum atomic E-state index is -1.01. The first-order chi connectivity index (χ1) is 8.71. The molecule has 19 heavy (non-hydrogen) atoms. The van der Waals surface area contributed by atoms with E-state index in [1.807, 2.05) is 39.8 Å². The second-order valence-electron chi connectivity index (χ2n) is 5.49. The Balaban J connectivity index is 2.89. The zero-order chi connectivity index (χ0) is 14.6. The monoisotopic (exact) mass is 264 g/mol. The number of carbonyl (C=O) groups is 2. The van der Waals surface area contributed by atoms with Crippen LogP contribution in [0.25, 0.3) is 0 Å². The Bertz CT molecular complexity index is 478. The maximum Gasteiger partial charge on any atom is 0.323 e. The molecule has 0 saturated heterocycles. The van der Waals surface area contributed by atoms with Gasteiger partial charge in [-0.3, -0.25) is 14.6 Å². The number of amides is 1. The first-order valence-corrected chi connectivity index (χ1v) is 6.14. The standard InChI is InChI=1S/C14H20N2O3/c1-10-6-5-7-15-11(10)8-12(17)16(9-13(18)19)14(2,3)4/h5-7H,8-9H2,1-4H3,(H,18,19). The maximum atomic E-state index is 12.3. The Hall–Kier alpha value is -1.91. The molecule has 1 aromatic heterocycles. The summed E-state index contributed by atoms with van der Waals surface area (Å²) in [6, 6.07) is 3.69. The molecule has 0 atom stereocenters. The van der Waals surface area contributed by atoms with Gasteiger partial charge in [0.25, 0.3) is 0 Å². The first kappa shape index (κ1) is 15.1. The number of carboxylic acids is 1. The van der Waals surface area contributed by atoms with Gasteiger partial charge in [-0.2, -0.15) is 0 Å². The van der Waals surface area contributed by atoms with E-state index in [0.29, 0.717) is 5.69 Å². The van der Waals surface area contributed by atoms with Crippen molar-refractivity contribution in [1.29, 1.82) is 0 Å². The molecule has 1 N–H and O–H groups in total. The highest BCUT2D eigenvalue weighted by molar-refractivity contribution is 5.83. The summed E-state index contributed by atoms with van der Waals surface area (Å²) in [6.45, 7) is 7.04. The maximum absolute atomic E-state index is 12.3. The molecule has 1 amide bonds. The molecule has 104 valence electrons. The summed E-state index contributed by atoms with van der Waals surface area (Å²) in [5.41, 5.74) is 1.09. The molecule has 0 bridgehead atoms. The second kappa shape index (κ2) is 5.82. The molecule has 1 aromatic rings. The van der Waals surface area contributed by atoms with Gasteiger partial charge in [0.2, 0.25) is 5.91 Å². The quantitative estimate of drug-likeness (QED) is 0.897. The van der Waals surface area contributed by atoms with Crippen molar-refractivity contribution in [3.05, 3.63) is 29.6 Å². The molecule has 0 aliphatic heterocycles. The molecule has 0 aliphatic carbocycles. The van der Waals surface area contributed by atoms with E-state index in [2.05, 4.69) is 4.98 Å². The van der Waals surface area contributed by atoms with Crippen molar-refractivity contribution in [2.24, 2.45) is 0 Å². The van der Waals surface area contributed by atoms with Crippen LogP contribution in [0.1, 0.15) is 32.0 Å². The van der Waals surface area contributed by atoms with Gasteiger partial charge in [-0.25, -0.2) is 0 Å². The lowest BCUT2D eigenvalue weighted by Crippen LogP contribution is -2.49. The lowest BCUT2D eigenvalue weighted by atomic mass is 10.0. The second-order valence-corrected chi connectivity index (χ2v) is 5.49. The molecule has 5 heteroatoms. The summed E-state index contributed by atoms with van der Waals surface area (Å²) >= 11 is 0. The predicted molar refractivity (Wildman–Crippen MR) is 71.8 cm³/mol. The van der Waals surface area contributed by atoms with Crippen molar-refractivity contribution in [2.45, 2.75) is 39.7 Å². The topological polar surface area (TPSA) is 70.5 Å². The lowest BCUT2D eigenvalue weighted by Gasteiger charge is -2.34. The molecular weight excluding hydrogens is 244 g/mol. The van der Waals surface area contributed by atoms with Crippen LogP contribution in [0.15, 0.2) is 18.3 Å². The predicted octanol–water partition coefficient (Wildman–Crippen LogP) is 1.64. The molecule has 0 saturated carbocycles. The molecule has 0 fully saturated rings. The number of nitrogens with zero attached hydrogens (tertiary/aromatic N) is 2. The smallest absolute Gasteiger partial charge is 0.323 e. The van der Waals surface area contributed by atoms with Crippen molar-refractivity contribution in [3.63, 3.8) is 0 Å². The molecule has 0 spiro atoms. The van der Waals surface area contributed by atoms with E-state index in [1.54, 1.807) is 6.20 Å². The summed E-state index contributed by atoms with van der Waals surface area (Å²) in [5.74, 6) is -1.24. The van der Waals surface area contributed by atoms with E-state index in [0.717, 1.165) is 5.56 Å². The van der Waals surface area contributed by atoms with E-state index in [4.69, 9.17) is 5.11 Å². The molecule has 1 heterocycles. The molecule has 0 radical (unpaired) electrons. The SMILES string of the molecule is Cc1cccnc1CC(=O)N(CC(=O)O)C(C)(C)C. The fraction of sp³-hybridized carbons (Fsp3) is 0.500. The number of carboxylic acid groups (broad SMARTS) is 1. The molecular formula is C14H20N2O3. The molecule has 0 unspecified atom stereocenters. The Morgan fingerprint density at radius 2 is 2.00 bits per heavy atom. The number of aryl methyl sites for hydroxylation is 1. The van der Waals surface area contributed by atoms with Crippen LogP contribution >= 0.6 is 0 Å². The summed E-state index contributed by atoms with van der Waals surface area (Å²) < 4.78 is 0. The summed E-state index contributed by atoms with van der Waals surface area (Å²) in [6.07, 6.45) is 1.76. The van der Waals surface area contributed by atoms with Gasteiger partial charge in [-0.05, 0) is 39.3 Å². The number of hydrogen-bond acceptors (Lipinski definition) is 3. The van der Waals surface area contributed by atoms with E-state index in [9.17, 15) is 9.59 Å². The summed E-state index contributed by atoms with van der Waals surface area (Å²) in [4.78, 5) is 28.7. The fourth-order valence-electron chi connectivity index (χ4n) is 1.78. The van der Waals surface area contributed by atoms with Crippen molar-refractivity contribution in [1.82, 2.24) is 9.88 Å². The first-order valence-electron chi connectivity index (χ1n) is 6.14. The van der Waals surface area contributed by atoms with Gasteiger partial charge >= 0.3 is 5.97 Å². The van der Waals surface area contributed by atoms with Gasteiger partial charge in [0.15, 0.2) is 0 Å². The highest BCUT2D eigenvalue weighted by Gasteiger charge is 2.28. The van der Waals surface area contributed by atoms with E-state index in [1.165, 1.54) is 4.90 Å². The molecule has 0 aliphatic rings. The van der Waals surface area contributed by atoms with Crippen LogP contribution in [0.4, 0.5) is 0 Å². The normalized spacial score (nSPS) is 11.2. The fourth-order valence-corrected chi connectivity index (χ4v) is 1.78. The van der Waals surface area contributed by atoms with Crippen LogP contribution in [0.3, 0.4) is 0 Å². The van der Waals surface area contributed by atoms with Crippen LogP contribution < -0.4 is 0 Å². The summed E-state index contributed by atoms with van der Waals surface area (Å²) in [7, 11) is 0. The molecule has 1 rings (SSSR count). The van der Waals surface area contributed by atoms with Gasteiger partial charge in [0, 0.05) is 11.7 Å². The third-order valence-electron chi connectivity index (χ3n) is 2.84. The van der Waals surface area contributed by atoms with E-state index < -0.39 is 11.5 Å². The van der Waals surface area contributed by atoms with Crippen LogP contribution in [0, 0.1) is 6.92 Å². The minimum absolute atomic E-state index is 0.122. The number of hydrogen-bond donors (Lipinski definition) is 1. The average molecular weight is 264 g/mol. The Morgan fingerprint density at radius 1 is 1.37 bits per heavy atom. The van der Waals surface area contributed by atoms with Crippen LogP contribution in [-0.4, -0.2) is 39.0 Å². The Kier molecular flexibility index (Phi) is 4.64. The third-order valence-corrected chi connectivity index (χ3v) is 2.84. The highest BCUT2D eigenvalue weighted by atomic mass is 16.4. The van der Waals surface area contributed by atoms with Gasteiger partial charge < -0.3 is 10.0 Å². The van der Waals surface area contributed by atoms with Crippen LogP contribution in [-0.2, 0) is 16.0 Å². The van der Waals surface area contributed by atoms with E-state index >= 15 is 0 Å². The van der Waals surface area contributed by atoms with Gasteiger partial charge in [-0.1, -0.05) is 6.07 Å². The van der Waals surface area contributed by atoms with Crippen molar-refractivity contribution >= 4 is 11.9 Å². The van der Waals surface area contributed by atoms with Gasteiger partial charge in [0.1, 0.15) is 6.54 Å². The minimum Gasteiger partial charge on any atom is -0.480 e. The Labute approximate surface area is 113 Å². The van der Waals surface area contributed by atoms with Crippen LogP contribution in [0.2, 0.25) is 0 Å². The number of pyridine rings is 1. The molecule has 0 aromatic carbocycles. The van der Waals surface area contributed by atoms with Crippen molar-refractivity contribution < 1.29 is 14.7 Å². The van der Waals surface area contributed by atoms with Crippen molar-refractivity contribution in [3.8, 4) is 0 Å². The van der Waals surface area contributed by atoms with E-state index in [-0.39, 0.29) is 18.9 Å². The van der Waals surface area contributed by atoms with Gasteiger partial charge in [0.05, 0.1) is 12.1 Å². The number of aliphatic carboxylic acids is 1. The molecule has 5 nitrogen and oxygen atoms in total. The largest absolute Gasteiger partial charge is 0.480 e. The number of carbonyl (C=O) groups excluding carboxylic acids is 1. The summed E-state index contributed by atoms with van der Waals surface area (Å²) in [5, 5.41) is 8.91. The number of aromatic nitrogens is 1. The lowest BCUT2D eigenvalue weighted by molar-refractivity contribution is -0.147. The van der Waals surface area contributed by atoms with Gasteiger partial charge in [-0.15, -0.1) is 0 Å². The van der Waals surface area contributed by atoms with Crippen LogP contribution in [0.5, 0.6) is 0 Å². The Morgan fingerprint density at radius 3 is 2.47 bits per heavy atom. The zero-order valence-corrected chi connectivity index (χ0v) is 11.8. The average Bonchev–Trinajstić information content (AvgIpc) is 2.27. The third kappa shape index (κ3) is 4.35. The zero-order valence-electron chi connectivity index (χ0n) is 11.8. The highest BCUT2D eigenvalue weighted by Crippen LogP contribution is 2.15.